The third-order valence-electron chi connectivity index (χ3n) is 4.26. The van der Waals surface area contributed by atoms with Crippen LogP contribution in [0.3, 0.4) is 0 Å². The van der Waals surface area contributed by atoms with Gasteiger partial charge in [0.15, 0.2) is 0 Å². The molecule has 124 valence electrons. The standard InChI is InChI=1S/C19H19IN2O2/c1-2-13-6-5-7-15(10-13)22-12-14(11-18(22)23)19(24)21-17-9-4-3-8-16(17)20/h3-10,14H,2,11-12H2,1H3,(H,21,24)/t14-/m1/s1. The number of benzene rings is 2. The third kappa shape index (κ3) is 3.61. The molecule has 1 aliphatic rings. The van der Waals surface area contributed by atoms with E-state index < -0.39 is 0 Å². The minimum Gasteiger partial charge on any atom is -0.325 e. The molecule has 3 rings (SSSR count). The topological polar surface area (TPSA) is 49.4 Å². The maximum Gasteiger partial charge on any atom is 0.229 e. The molecule has 1 N–H and O–H groups in total. The molecule has 5 heteroatoms. The molecule has 2 aromatic rings. The van der Waals surface area contributed by atoms with Crippen LogP contribution in [0.2, 0.25) is 0 Å². The van der Waals surface area contributed by atoms with Crippen LogP contribution in [0, 0.1) is 9.49 Å². The van der Waals surface area contributed by atoms with Crippen molar-refractivity contribution in [2.24, 2.45) is 5.92 Å². The number of anilines is 2. The van der Waals surface area contributed by atoms with Crippen LogP contribution in [0.25, 0.3) is 0 Å². The smallest absolute Gasteiger partial charge is 0.229 e. The molecule has 0 bridgehead atoms. The summed E-state index contributed by atoms with van der Waals surface area (Å²) >= 11 is 2.19. The van der Waals surface area contributed by atoms with E-state index >= 15 is 0 Å². The molecular weight excluding hydrogens is 415 g/mol. The van der Waals surface area contributed by atoms with E-state index in [1.54, 1.807) is 4.90 Å². The molecule has 0 radical (unpaired) electrons. The number of carbonyl (C=O) groups is 2. The van der Waals surface area contributed by atoms with E-state index in [-0.39, 0.29) is 24.2 Å². The van der Waals surface area contributed by atoms with Crippen LogP contribution in [0.15, 0.2) is 48.5 Å². The summed E-state index contributed by atoms with van der Waals surface area (Å²) in [5.74, 6) is -0.411. The van der Waals surface area contributed by atoms with Gasteiger partial charge in [-0.05, 0) is 58.8 Å². The molecule has 1 fully saturated rings. The minimum absolute atomic E-state index is 0.00571. The van der Waals surface area contributed by atoms with Crippen LogP contribution in [-0.4, -0.2) is 18.4 Å². The summed E-state index contributed by atoms with van der Waals surface area (Å²) < 4.78 is 0.986. The number of hydrogen-bond donors (Lipinski definition) is 1. The molecule has 2 amide bonds. The van der Waals surface area contributed by atoms with Crippen molar-refractivity contribution in [3.63, 3.8) is 0 Å². The largest absolute Gasteiger partial charge is 0.325 e. The van der Waals surface area contributed by atoms with Gasteiger partial charge in [-0.25, -0.2) is 0 Å². The van der Waals surface area contributed by atoms with Crippen LogP contribution < -0.4 is 10.2 Å². The monoisotopic (exact) mass is 434 g/mol. The summed E-state index contributed by atoms with van der Waals surface area (Å²) in [4.78, 5) is 26.6. The predicted octanol–water partition coefficient (Wildman–Crippen LogP) is 3.85. The van der Waals surface area contributed by atoms with Gasteiger partial charge in [0.25, 0.3) is 0 Å². The Bertz CT molecular complexity index is 775. The Morgan fingerprint density at radius 2 is 2.04 bits per heavy atom. The number of amides is 2. The average Bonchev–Trinajstić information content (AvgIpc) is 2.99. The van der Waals surface area contributed by atoms with Gasteiger partial charge in [0.2, 0.25) is 11.8 Å². The summed E-state index contributed by atoms with van der Waals surface area (Å²) in [6.07, 6.45) is 1.18. The van der Waals surface area contributed by atoms with E-state index in [0.29, 0.717) is 6.54 Å². The van der Waals surface area contributed by atoms with Crippen molar-refractivity contribution >= 4 is 45.8 Å². The highest BCUT2D eigenvalue weighted by atomic mass is 127. The second-order valence-corrected chi connectivity index (χ2v) is 7.06. The Labute approximate surface area is 155 Å². The SMILES string of the molecule is CCc1cccc(N2C[C@H](C(=O)Nc3ccccc3I)CC2=O)c1. The zero-order chi connectivity index (χ0) is 17.1. The maximum absolute atomic E-state index is 12.5. The van der Waals surface area contributed by atoms with E-state index in [4.69, 9.17) is 0 Å². The number of para-hydroxylation sites is 1. The first-order valence-electron chi connectivity index (χ1n) is 8.03. The van der Waals surface area contributed by atoms with E-state index in [0.717, 1.165) is 21.4 Å². The molecular formula is C19H19IN2O2. The molecule has 24 heavy (non-hydrogen) atoms. The lowest BCUT2D eigenvalue weighted by Crippen LogP contribution is -2.28. The molecule has 0 aliphatic carbocycles. The van der Waals surface area contributed by atoms with Gasteiger partial charge in [0.05, 0.1) is 11.6 Å². The Hall–Kier alpha value is -1.89. The number of hydrogen-bond acceptors (Lipinski definition) is 2. The fraction of sp³-hybridized carbons (Fsp3) is 0.263. The van der Waals surface area contributed by atoms with Crippen molar-refractivity contribution in [3.05, 3.63) is 57.7 Å². The molecule has 1 heterocycles. The second kappa shape index (κ2) is 7.34. The zero-order valence-corrected chi connectivity index (χ0v) is 15.6. The fourth-order valence-electron chi connectivity index (χ4n) is 2.87. The van der Waals surface area contributed by atoms with Crippen LogP contribution in [-0.2, 0) is 16.0 Å². The lowest BCUT2D eigenvalue weighted by molar-refractivity contribution is -0.122. The number of aryl methyl sites for hydroxylation is 1. The van der Waals surface area contributed by atoms with E-state index in [9.17, 15) is 9.59 Å². The van der Waals surface area contributed by atoms with Crippen molar-refractivity contribution in [2.45, 2.75) is 19.8 Å². The number of halogens is 1. The first-order valence-corrected chi connectivity index (χ1v) is 9.11. The van der Waals surface area contributed by atoms with Gasteiger partial charge in [-0.3, -0.25) is 9.59 Å². The zero-order valence-electron chi connectivity index (χ0n) is 13.5. The molecule has 0 unspecified atom stereocenters. The molecule has 0 aromatic heterocycles. The van der Waals surface area contributed by atoms with Crippen molar-refractivity contribution in [1.29, 1.82) is 0 Å². The van der Waals surface area contributed by atoms with E-state index in [1.807, 2.05) is 48.5 Å². The molecule has 1 saturated heterocycles. The summed E-state index contributed by atoms with van der Waals surface area (Å²) in [7, 11) is 0. The third-order valence-corrected chi connectivity index (χ3v) is 5.20. The number of carbonyl (C=O) groups excluding carboxylic acids is 2. The number of nitrogens with one attached hydrogen (secondary N) is 1. The number of nitrogens with zero attached hydrogens (tertiary/aromatic N) is 1. The summed E-state index contributed by atoms with van der Waals surface area (Å²) in [5, 5.41) is 2.94. The van der Waals surface area contributed by atoms with Crippen LogP contribution in [0.5, 0.6) is 0 Å². The number of rotatable bonds is 4. The van der Waals surface area contributed by atoms with Crippen LogP contribution in [0.4, 0.5) is 11.4 Å². The van der Waals surface area contributed by atoms with Crippen molar-refractivity contribution < 1.29 is 9.59 Å². The van der Waals surface area contributed by atoms with Crippen LogP contribution in [0.1, 0.15) is 18.9 Å². The first kappa shape index (κ1) is 17.0. The van der Waals surface area contributed by atoms with Crippen LogP contribution >= 0.6 is 22.6 Å². The normalized spacial score (nSPS) is 17.2. The fourth-order valence-corrected chi connectivity index (χ4v) is 3.40. The minimum atomic E-state index is -0.321. The van der Waals surface area contributed by atoms with Gasteiger partial charge in [0, 0.05) is 22.2 Å². The molecule has 2 aromatic carbocycles. The maximum atomic E-state index is 12.5. The van der Waals surface area contributed by atoms with E-state index in [1.165, 1.54) is 5.56 Å². The molecule has 1 atom stereocenters. The molecule has 0 spiro atoms. The average molecular weight is 434 g/mol. The summed E-state index contributed by atoms with van der Waals surface area (Å²) in [6, 6.07) is 15.6. The van der Waals surface area contributed by atoms with Gasteiger partial charge < -0.3 is 10.2 Å². The molecule has 4 nitrogen and oxygen atoms in total. The van der Waals surface area contributed by atoms with Gasteiger partial charge >= 0.3 is 0 Å². The van der Waals surface area contributed by atoms with Gasteiger partial charge in [-0.2, -0.15) is 0 Å². The first-order chi connectivity index (χ1) is 11.6. The highest BCUT2D eigenvalue weighted by Crippen LogP contribution is 2.27. The predicted molar refractivity (Wildman–Crippen MR) is 104 cm³/mol. The lowest BCUT2D eigenvalue weighted by atomic mass is 10.1. The Morgan fingerprint density at radius 3 is 2.79 bits per heavy atom. The molecule has 1 aliphatic heterocycles. The quantitative estimate of drug-likeness (QED) is 0.744. The lowest BCUT2D eigenvalue weighted by Gasteiger charge is -2.17. The van der Waals surface area contributed by atoms with Crippen molar-refractivity contribution in [3.8, 4) is 0 Å². The van der Waals surface area contributed by atoms with E-state index in [2.05, 4.69) is 34.8 Å². The summed E-state index contributed by atoms with van der Waals surface area (Å²) in [6.45, 7) is 2.52. The van der Waals surface area contributed by atoms with Crippen molar-refractivity contribution in [2.75, 3.05) is 16.8 Å². The van der Waals surface area contributed by atoms with Gasteiger partial charge in [-0.15, -0.1) is 0 Å². The Morgan fingerprint density at radius 1 is 1.25 bits per heavy atom. The highest BCUT2D eigenvalue weighted by Gasteiger charge is 2.35. The van der Waals surface area contributed by atoms with Gasteiger partial charge in [0.1, 0.15) is 0 Å². The Kier molecular flexibility index (Phi) is 5.18. The van der Waals surface area contributed by atoms with Gasteiger partial charge in [-0.1, -0.05) is 31.2 Å². The molecule has 0 saturated carbocycles. The Balaban J connectivity index is 1.72. The van der Waals surface area contributed by atoms with Crippen molar-refractivity contribution in [1.82, 2.24) is 0 Å². The second-order valence-electron chi connectivity index (χ2n) is 5.90. The highest BCUT2D eigenvalue weighted by molar-refractivity contribution is 14.1. The summed E-state index contributed by atoms with van der Waals surface area (Å²) in [5.41, 5.74) is 2.86.